The molecule has 1 aliphatic rings. The summed E-state index contributed by atoms with van der Waals surface area (Å²) in [6, 6.07) is 10.0. The summed E-state index contributed by atoms with van der Waals surface area (Å²) >= 11 is 0. The maximum Gasteiger partial charge on any atom is 0.135 e. The monoisotopic (exact) mass is 204 g/mol. The van der Waals surface area contributed by atoms with Crippen LogP contribution in [-0.4, -0.2) is 12.4 Å². The predicted molar refractivity (Wildman–Crippen MR) is 58.5 cm³/mol. The van der Waals surface area contributed by atoms with E-state index in [0.717, 1.165) is 25.0 Å². The SMILES string of the molecule is CC(=O)[C@H]1CCCO[C@@H]1c1ccccc1. The van der Waals surface area contributed by atoms with Gasteiger partial charge in [0.15, 0.2) is 0 Å². The van der Waals surface area contributed by atoms with Gasteiger partial charge in [0.1, 0.15) is 5.78 Å². The molecule has 2 nitrogen and oxygen atoms in total. The van der Waals surface area contributed by atoms with Gasteiger partial charge in [0.05, 0.1) is 6.10 Å². The standard InChI is InChI=1S/C13H16O2/c1-10(14)12-8-5-9-15-13(12)11-6-3-2-4-7-11/h2-4,6-7,12-13H,5,8-9H2,1H3/t12-,13-/m1/s1. The van der Waals surface area contributed by atoms with E-state index in [9.17, 15) is 4.79 Å². The number of benzene rings is 1. The molecule has 1 aliphatic heterocycles. The number of ketones is 1. The molecule has 0 saturated carbocycles. The highest BCUT2D eigenvalue weighted by Crippen LogP contribution is 2.33. The van der Waals surface area contributed by atoms with E-state index < -0.39 is 0 Å². The molecule has 2 atom stereocenters. The molecule has 15 heavy (non-hydrogen) atoms. The fourth-order valence-corrected chi connectivity index (χ4v) is 2.17. The first-order valence-electron chi connectivity index (χ1n) is 5.46. The predicted octanol–water partition coefficient (Wildman–Crippen LogP) is 2.74. The smallest absolute Gasteiger partial charge is 0.135 e. The van der Waals surface area contributed by atoms with Crippen LogP contribution >= 0.6 is 0 Å². The summed E-state index contributed by atoms with van der Waals surface area (Å²) in [6.07, 6.45) is 1.92. The molecule has 0 bridgehead atoms. The zero-order valence-corrected chi connectivity index (χ0v) is 8.98. The van der Waals surface area contributed by atoms with Gasteiger partial charge in [0.25, 0.3) is 0 Å². The second kappa shape index (κ2) is 4.58. The number of carbonyl (C=O) groups excluding carboxylic acids is 1. The normalized spacial score (nSPS) is 26.2. The van der Waals surface area contributed by atoms with Gasteiger partial charge in [-0.2, -0.15) is 0 Å². The molecular weight excluding hydrogens is 188 g/mol. The third kappa shape index (κ3) is 2.26. The quantitative estimate of drug-likeness (QED) is 0.740. The molecule has 0 N–H and O–H groups in total. The van der Waals surface area contributed by atoms with Crippen molar-refractivity contribution in [1.29, 1.82) is 0 Å². The van der Waals surface area contributed by atoms with E-state index in [1.165, 1.54) is 0 Å². The molecule has 1 heterocycles. The van der Waals surface area contributed by atoms with Crippen LogP contribution in [0.1, 0.15) is 31.4 Å². The zero-order chi connectivity index (χ0) is 10.7. The van der Waals surface area contributed by atoms with Crippen LogP contribution in [0.3, 0.4) is 0 Å². The molecule has 1 saturated heterocycles. The van der Waals surface area contributed by atoms with E-state index in [0.29, 0.717) is 0 Å². The number of carbonyl (C=O) groups is 1. The van der Waals surface area contributed by atoms with Crippen molar-refractivity contribution in [2.24, 2.45) is 5.92 Å². The fraction of sp³-hybridized carbons (Fsp3) is 0.462. The third-order valence-corrected chi connectivity index (χ3v) is 2.97. The molecule has 0 aliphatic carbocycles. The van der Waals surface area contributed by atoms with Crippen LogP contribution in [0.5, 0.6) is 0 Å². The first kappa shape index (κ1) is 10.4. The minimum Gasteiger partial charge on any atom is -0.373 e. The average molecular weight is 204 g/mol. The van der Waals surface area contributed by atoms with E-state index in [1.807, 2.05) is 30.3 Å². The van der Waals surface area contributed by atoms with Crippen LogP contribution in [0.15, 0.2) is 30.3 Å². The summed E-state index contributed by atoms with van der Waals surface area (Å²) in [5, 5.41) is 0. The van der Waals surface area contributed by atoms with E-state index >= 15 is 0 Å². The van der Waals surface area contributed by atoms with Crippen molar-refractivity contribution in [2.45, 2.75) is 25.9 Å². The summed E-state index contributed by atoms with van der Waals surface area (Å²) in [5.74, 6) is 0.282. The topological polar surface area (TPSA) is 26.3 Å². The molecule has 2 rings (SSSR count). The molecule has 1 aromatic carbocycles. The number of rotatable bonds is 2. The van der Waals surface area contributed by atoms with Gasteiger partial charge in [-0.1, -0.05) is 30.3 Å². The minimum atomic E-state index is -0.0301. The highest BCUT2D eigenvalue weighted by Gasteiger charge is 2.30. The third-order valence-electron chi connectivity index (χ3n) is 2.97. The average Bonchev–Trinajstić information content (AvgIpc) is 2.30. The number of ether oxygens (including phenoxy) is 1. The lowest BCUT2D eigenvalue weighted by molar-refractivity contribution is -0.130. The summed E-state index contributed by atoms with van der Waals surface area (Å²) in [7, 11) is 0. The van der Waals surface area contributed by atoms with Crippen molar-refractivity contribution in [1.82, 2.24) is 0 Å². The van der Waals surface area contributed by atoms with Gasteiger partial charge in [-0.15, -0.1) is 0 Å². The second-order valence-electron chi connectivity index (χ2n) is 4.06. The summed E-state index contributed by atoms with van der Waals surface area (Å²) < 4.78 is 5.72. The van der Waals surface area contributed by atoms with Crippen molar-refractivity contribution in [3.05, 3.63) is 35.9 Å². The van der Waals surface area contributed by atoms with Crippen LogP contribution in [0.2, 0.25) is 0 Å². The molecule has 80 valence electrons. The Balaban J connectivity index is 2.22. The fourth-order valence-electron chi connectivity index (χ4n) is 2.17. The lowest BCUT2D eigenvalue weighted by atomic mass is 9.87. The van der Waals surface area contributed by atoms with Crippen molar-refractivity contribution >= 4 is 5.78 Å². The molecule has 0 amide bonds. The van der Waals surface area contributed by atoms with Crippen LogP contribution < -0.4 is 0 Å². The van der Waals surface area contributed by atoms with E-state index in [2.05, 4.69) is 0 Å². The molecule has 1 aromatic rings. The van der Waals surface area contributed by atoms with Crippen molar-refractivity contribution in [2.75, 3.05) is 6.61 Å². The minimum absolute atomic E-state index is 0.0301. The molecule has 0 radical (unpaired) electrons. The van der Waals surface area contributed by atoms with Gasteiger partial charge in [-0.05, 0) is 25.3 Å². The van der Waals surface area contributed by atoms with Crippen molar-refractivity contribution in [3.63, 3.8) is 0 Å². The Morgan fingerprint density at radius 1 is 1.33 bits per heavy atom. The van der Waals surface area contributed by atoms with Gasteiger partial charge in [0.2, 0.25) is 0 Å². The largest absolute Gasteiger partial charge is 0.373 e. The summed E-state index contributed by atoms with van der Waals surface area (Å²) in [5.41, 5.74) is 1.12. The Labute approximate surface area is 90.3 Å². The lowest BCUT2D eigenvalue weighted by Gasteiger charge is -2.30. The Hall–Kier alpha value is -1.15. The van der Waals surface area contributed by atoms with E-state index in [4.69, 9.17) is 4.74 Å². The maximum atomic E-state index is 11.5. The first-order valence-corrected chi connectivity index (χ1v) is 5.46. The molecule has 0 spiro atoms. The van der Waals surface area contributed by atoms with Gasteiger partial charge < -0.3 is 4.74 Å². The van der Waals surface area contributed by atoms with Crippen LogP contribution in [0.25, 0.3) is 0 Å². The van der Waals surface area contributed by atoms with Gasteiger partial charge in [-0.25, -0.2) is 0 Å². The molecule has 0 unspecified atom stereocenters. The van der Waals surface area contributed by atoms with Gasteiger partial charge in [-0.3, -0.25) is 4.79 Å². The van der Waals surface area contributed by atoms with Gasteiger partial charge >= 0.3 is 0 Å². The Kier molecular flexibility index (Phi) is 3.17. The van der Waals surface area contributed by atoms with Gasteiger partial charge in [0, 0.05) is 12.5 Å². The lowest BCUT2D eigenvalue weighted by Crippen LogP contribution is -2.27. The van der Waals surface area contributed by atoms with Crippen molar-refractivity contribution < 1.29 is 9.53 Å². The first-order chi connectivity index (χ1) is 7.29. The van der Waals surface area contributed by atoms with Crippen LogP contribution in [0.4, 0.5) is 0 Å². The molecule has 0 aromatic heterocycles. The van der Waals surface area contributed by atoms with E-state index in [1.54, 1.807) is 6.92 Å². The summed E-state index contributed by atoms with van der Waals surface area (Å²) in [6.45, 7) is 2.43. The molecule has 1 fully saturated rings. The van der Waals surface area contributed by atoms with Crippen LogP contribution in [0, 0.1) is 5.92 Å². The van der Waals surface area contributed by atoms with Crippen LogP contribution in [-0.2, 0) is 9.53 Å². The maximum absolute atomic E-state index is 11.5. The highest BCUT2D eigenvalue weighted by atomic mass is 16.5. The number of Topliss-reactive ketones (excluding diaryl/α,β-unsaturated/α-hetero) is 1. The Bertz CT molecular complexity index is 332. The highest BCUT2D eigenvalue weighted by molar-refractivity contribution is 5.79. The Morgan fingerprint density at radius 3 is 2.73 bits per heavy atom. The van der Waals surface area contributed by atoms with E-state index in [-0.39, 0.29) is 17.8 Å². The number of hydrogen-bond donors (Lipinski definition) is 0. The number of hydrogen-bond acceptors (Lipinski definition) is 2. The van der Waals surface area contributed by atoms with Crippen molar-refractivity contribution in [3.8, 4) is 0 Å². The zero-order valence-electron chi connectivity index (χ0n) is 8.98. The molecular formula is C13H16O2. The summed E-state index contributed by atoms with van der Waals surface area (Å²) in [4.78, 5) is 11.5. The molecule has 2 heteroatoms. The second-order valence-corrected chi connectivity index (χ2v) is 4.06. The Morgan fingerprint density at radius 2 is 2.07 bits per heavy atom.